The lowest BCUT2D eigenvalue weighted by Gasteiger charge is -2.35. The third-order valence-electron chi connectivity index (χ3n) is 4.28. The van der Waals surface area contributed by atoms with Crippen LogP contribution in [0.1, 0.15) is 31.4 Å². The molecule has 0 amide bonds. The lowest BCUT2D eigenvalue weighted by molar-refractivity contribution is 0.434. The van der Waals surface area contributed by atoms with Gasteiger partial charge in [0.05, 0.1) is 5.69 Å². The predicted molar refractivity (Wildman–Crippen MR) is 76.0 cm³/mol. The maximum Gasteiger partial charge on any atom is 0.150 e. The van der Waals surface area contributed by atoms with Gasteiger partial charge in [-0.3, -0.25) is 4.98 Å². The molecule has 102 valence electrons. The van der Waals surface area contributed by atoms with Crippen LogP contribution in [0.5, 0.6) is 0 Å². The minimum atomic E-state index is 0.460. The normalized spacial score (nSPS) is 21.2. The number of hydrogen-bond acceptors (Lipinski definition) is 5. The fourth-order valence-corrected chi connectivity index (χ4v) is 2.88. The number of hydrogen-bond donors (Lipinski definition) is 2. The molecule has 1 aromatic rings. The van der Waals surface area contributed by atoms with Crippen molar-refractivity contribution in [2.24, 2.45) is 5.92 Å². The highest BCUT2D eigenvalue weighted by molar-refractivity contribution is 5.81. The fraction of sp³-hybridized carbons (Fsp3) is 0.643. The maximum absolute atomic E-state index is 7.75. The lowest BCUT2D eigenvalue weighted by atomic mass is 9.92. The van der Waals surface area contributed by atoms with Crippen LogP contribution in [-0.2, 0) is 0 Å². The molecule has 3 heterocycles. The first-order valence-electron chi connectivity index (χ1n) is 7.07. The van der Waals surface area contributed by atoms with Gasteiger partial charge in [0.15, 0.2) is 5.82 Å². The van der Waals surface area contributed by atoms with Gasteiger partial charge in [0.2, 0.25) is 0 Å². The van der Waals surface area contributed by atoms with Gasteiger partial charge in [-0.25, -0.2) is 4.98 Å². The molecular formula is C14H21N5. The van der Waals surface area contributed by atoms with Crippen LogP contribution >= 0.6 is 0 Å². The van der Waals surface area contributed by atoms with E-state index in [9.17, 15) is 0 Å². The molecule has 3 rings (SSSR count). The van der Waals surface area contributed by atoms with E-state index in [0.29, 0.717) is 11.8 Å². The van der Waals surface area contributed by atoms with E-state index in [-0.39, 0.29) is 0 Å². The third-order valence-corrected chi connectivity index (χ3v) is 4.28. The van der Waals surface area contributed by atoms with Gasteiger partial charge in [-0.1, -0.05) is 0 Å². The molecule has 0 spiro atoms. The Morgan fingerprint density at radius 1 is 1.26 bits per heavy atom. The van der Waals surface area contributed by atoms with E-state index in [1.54, 1.807) is 12.4 Å². The van der Waals surface area contributed by atoms with E-state index in [0.717, 1.165) is 56.2 Å². The van der Waals surface area contributed by atoms with Crippen molar-refractivity contribution in [3.63, 3.8) is 0 Å². The Morgan fingerprint density at radius 2 is 1.95 bits per heavy atom. The van der Waals surface area contributed by atoms with E-state index in [1.165, 1.54) is 0 Å². The number of piperidine rings is 1. The molecule has 2 N–H and O–H groups in total. The van der Waals surface area contributed by atoms with Gasteiger partial charge in [0.25, 0.3) is 0 Å². The zero-order valence-electron chi connectivity index (χ0n) is 11.4. The first-order chi connectivity index (χ1) is 9.25. The minimum absolute atomic E-state index is 0.460. The van der Waals surface area contributed by atoms with Crippen molar-refractivity contribution >= 4 is 11.5 Å². The van der Waals surface area contributed by atoms with Crippen molar-refractivity contribution in [2.75, 3.05) is 31.1 Å². The van der Waals surface area contributed by atoms with Crippen LogP contribution in [-0.4, -0.2) is 41.9 Å². The molecule has 5 heteroatoms. The van der Waals surface area contributed by atoms with Crippen LogP contribution in [0.2, 0.25) is 0 Å². The number of nitrogens with zero attached hydrogens (tertiary/aromatic N) is 3. The Hall–Kier alpha value is -1.49. The van der Waals surface area contributed by atoms with Gasteiger partial charge in [-0.2, -0.15) is 0 Å². The molecule has 2 aliphatic rings. The van der Waals surface area contributed by atoms with Gasteiger partial charge in [0, 0.05) is 50.2 Å². The molecule has 2 aliphatic heterocycles. The first kappa shape index (κ1) is 12.5. The Labute approximate surface area is 114 Å². The molecule has 0 unspecified atom stereocenters. The third kappa shape index (κ3) is 2.47. The molecule has 0 aromatic carbocycles. The second kappa shape index (κ2) is 5.25. The zero-order valence-corrected chi connectivity index (χ0v) is 11.4. The smallest absolute Gasteiger partial charge is 0.150 e. The molecule has 0 aliphatic carbocycles. The van der Waals surface area contributed by atoms with E-state index in [2.05, 4.69) is 20.2 Å². The molecule has 19 heavy (non-hydrogen) atoms. The molecule has 2 fully saturated rings. The van der Waals surface area contributed by atoms with E-state index in [4.69, 9.17) is 5.41 Å². The summed E-state index contributed by atoms with van der Waals surface area (Å²) in [4.78, 5) is 11.4. The van der Waals surface area contributed by atoms with Crippen LogP contribution in [0, 0.1) is 11.3 Å². The highest BCUT2D eigenvalue weighted by atomic mass is 15.2. The standard InChI is InChI=1S/C14H21N5/c1-10(15)11-2-6-19(7-3-11)14-13(12-8-16-9-12)17-4-5-18-14/h4-5,11-12,15-16H,2-3,6-9H2,1H3. The summed E-state index contributed by atoms with van der Waals surface area (Å²) < 4.78 is 0. The Morgan fingerprint density at radius 3 is 2.53 bits per heavy atom. The average Bonchev–Trinajstić information content (AvgIpc) is 2.37. The summed E-state index contributed by atoms with van der Waals surface area (Å²) in [6.45, 7) is 5.94. The second-order valence-electron chi connectivity index (χ2n) is 5.56. The van der Waals surface area contributed by atoms with Crippen LogP contribution < -0.4 is 10.2 Å². The number of anilines is 1. The summed E-state index contributed by atoms with van der Waals surface area (Å²) >= 11 is 0. The van der Waals surface area contributed by atoms with Gasteiger partial charge < -0.3 is 15.6 Å². The van der Waals surface area contributed by atoms with Crippen molar-refractivity contribution < 1.29 is 0 Å². The molecule has 0 radical (unpaired) electrons. The van der Waals surface area contributed by atoms with Crippen LogP contribution in [0.25, 0.3) is 0 Å². The van der Waals surface area contributed by atoms with Crippen LogP contribution in [0.3, 0.4) is 0 Å². The van der Waals surface area contributed by atoms with Gasteiger partial charge in [-0.05, 0) is 25.7 Å². The quantitative estimate of drug-likeness (QED) is 0.806. The Kier molecular flexibility index (Phi) is 3.46. The highest BCUT2D eigenvalue weighted by Gasteiger charge is 2.28. The van der Waals surface area contributed by atoms with Crippen LogP contribution in [0.4, 0.5) is 5.82 Å². The van der Waals surface area contributed by atoms with Gasteiger partial charge >= 0.3 is 0 Å². The van der Waals surface area contributed by atoms with E-state index < -0.39 is 0 Å². The first-order valence-corrected chi connectivity index (χ1v) is 7.07. The van der Waals surface area contributed by atoms with Crippen molar-refractivity contribution in [1.29, 1.82) is 5.41 Å². The maximum atomic E-state index is 7.75. The van der Waals surface area contributed by atoms with Crippen molar-refractivity contribution in [2.45, 2.75) is 25.7 Å². The summed E-state index contributed by atoms with van der Waals surface area (Å²) in [6, 6.07) is 0. The molecule has 0 saturated carbocycles. The molecule has 2 saturated heterocycles. The molecule has 0 atom stereocenters. The summed E-state index contributed by atoms with van der Waals surface area (Å²) in [5, 5.41) is 11.1. The molecule has 5 nitrogen and oxygen atoms in total. The summed E-state index contributed by atoms with van der Waals surface area (Å²) in [6.07, 6.45) is 5.72. The number of aromatic nitrogens is 2. The Balaban J connectivity index is 1.74. The summed E-state index contributed by atoms with van der Waals surface area (Å²) in [5.41, 5.74) is 1.97. The van der Waals surface area contributed by atoms with E-state index >= 15 is 0 Å². The number of rotatable bonds is 3. The SMILES string of the molecule is CC(=N)C1CCN(c2nccnc2C2CNC2)CC1. The topological polar surface area (TPSA) is 64.9 Å². The number of nitrogens with one attached hydrogen (secondary N) is 2. The van der Waals surface area contributed by atoms with Gasteiger partial charge in [0.1, 0.15) is 0 Å². The van der Waals surface area contributed by atoms with E-state index in [1.807, 2.05) is 6.92 Å². The fourth-order valence-electron chi connectivity index (χ4n) is 2.88. The minimum Gasteiger partial charge on any atom is -0.355 e. The van der Waals surface area contributed by atoms with Crippen molar-refractivity contribution in [3.05, 3.63) is 18.1 Å². The zero-order chi connectivity index (χ0) is 13.2. The average molecular weight is 259 g/mol. The van der Waals surface area contributed by atoms with Gasteiger partial charge in [-0.15, -0.1) is 0 Å². The largest absolute Gasteiger partial charge is 0.355 e. The van der Waals surface area contributed by atoms with Crippen molar-refractivity contribution in [1.82, 2.24) is 15.3 Å². The van der Waals surface area contributed by atoms with Crippen LogP contribution in [0.15, 0.2) is 12.4 Å². The van der Waals surface area contributed by atoms with Crippen molar-refractivity contribution in [3.8, 4) is 0 Å². The Bertz CT molecular complexity index is 461. The molecule has 0 bridgehead atoms. The predicted octanol–water partition coefficient (Wildman–Crippen LogP) is 1.42. The molecule has 1 aromatic heterocycles. The summed E-state index contributed by atoms with van der Waals surface area (Å²) in [7, 11) is 0. The second-order valence-corrected chi connectivity index (χ2v) is 5.56. The highest BCUT2D eigenvalue weighted by Crippen LogP contribution is 2.29. The lowest BCUT2D eigenvalue weighted by Crippen LogP contribution is -2.43. The monoisotopic (exact) mass is 259 g/mol. The molecular weight excluding hydrogens is 238 g/mol. The summed E-state index contributed by atoms with van der Waals surface area (Å²) in [5.74, 6) is 2.04.